The fraction of sp³-hybridized carbons (Fsp3) is 0.176. The van der Waals surface area contributed by atoms with Crippen molar-refractivity contribution in [3.8, 4) is 5.69 Å². The zero-order valence-corrected chi connectivity index (χ0v) is 15.4. The lowest BCUT2D eigenvalue weighted by atomic mass is 10.1. The van der Waals surface area contributed by atoms with Gasteiger partial charge in [0, 0.05) is 10.6 Å². The molecule has 6 nitrogen and oxygen atoms in total. The number of nitrogens with zero attached hydrogens (tertiary/aromatic N) is 4. The molecule has 1 aromatic heterocycles. The van der Waals surface area contributed by atoms with Crippen LogP contribution in [0.25, 0.3) is 5.69 Å². The van der Waals surface area contributed by atoms with Gasteiger partial charge in [-0.3, -0.25) is 4.79 Å². The highest BCUT2D eigenvalue weighted by Gasteiger charge is 2.17. The van der Waals surface area contributed by atoms with E-state index in [0.29, 0.717) is 11.1 Å². The van der Waals surface area contributed by atoms with E-state index in [0.717, 1.165) is 11.3 Å². The molecule has 0 aliphatic heterocycles. The smallest absolute Gasteiger partial charge is 0.251 e. The first kappa shape index (κ1) is 18.3. The second-order valence-corrected chi connectivity index (χ2v) is 6.55. The SMILES string of the molecule is Cc1cc(C(=O)NC(C)c2cc(F)c(Cl)cc2Cl)ccc1-n1cnnn1. The summed E-state index contributed by atoms with van der Waals surface area (Å²) in [6, 6.07) is 7.18. The van der Waals surface area contributed by atoms with Gasteiger partial charge in [0.05, 0.1) is 16.8 Å². The molecule has 26 heavy (non-hydrogen) atoms. The molecule has 0 fully saturated rings. The zero-order valence-electron chi connectivity index (χ0n) is 13.9. The van der Waals surface area contributed by atoms with Gasteiger partial charge in [0.2, 0.25) is 0 Å². The Morgan fingerprint density at radius 1 is 1.23 bits per heavy atom. The quantitative estimate of drug-likeness (QED) is 0.682. The third kappa shape index (κ3) is 3.68. The number of hydrogen-bond donors (Lipinski definition) is 1. The van der Waals surface area contributed by atoms with Crippen LogP contribution in [0.15, 0.2) is 36.7 Å². The number of benzene rings is 2. The molecule has 3 aromatic rings. The monoisotopic (exact) mass is 393 g/mol. The lowest BCUT2D eigenvalue weighted by Crippen LogP contribution is -2.27. The molecule has 0 saturated heterocycles. The maximum absolute atomic E-state index is 13.7. The summed E-state index contributed by atoms with van der Waals surface area (Å²) < 4.78 is 15.2. The van der Waals surface area contributed by atoms with Crippen molar-refractivity contribution >= 4 is 29.1 Å². The highest BCUT2D eigenvalue weighted by Crippen LogP contribution is 2.28. The summed E-state index contributed by atoms with van der Waals surface area (Å²) in [5.41, 5.74) is 2.50. The number of carbonyl (C=O) groups is 1. The summed E-state index contributed by atoms with van der Waals surface area (Å²) in [7, 11) is 0. The minimum atomic E-state index is -0.589. The van der Waals surface area contributed by atoms with Crippen molar-refractivity contribution in [2.45, 2.75) is 19.9 Å². The first-order valence-corrected chi connectivity index (χ1v) is 8.41. The van der Waals surface area contributed by atoms with Crippen LogP contribution in [0.4, 0.5) is 4.39 Å². The average molecular weight is 394 g/mol. The molecule has 0 bridgehead atoms. The van der Waals surface area contributed by atoms with Crippen LogP contribution in [0, 0.1) is 12.7 Å². The molecule has 1 N–H and O–H groups in total. The number of aryl methyl sites for hydroxylation is 1. The minimum absolute atomic E-state index is 0.0638. The van der Waals surface area contributed by atoms with Gasteiger partial charge in [0.15, 0.2) is 0 Å². The molecule has 0 aliphatic carbocycles. The fourth-order valence-corrected chi connectivity index (χ4v) is 3.10. The number of halogens is 3. The second-order valence-electron chi connectivity index (χ2n) is 5.74. The number of tetrazole rings is 1. The molecule has 3 rings (SSSR count). The van der Waals surface area contributed by atoms with Gasteiger partial charge in [0.1, 0.15) is 12.1 Å². The predicted octanol–water partition coefficient (Wildman–Crippen LogP) is 3.91. The van der Waals surface area contributed by atoms with Gasteiger partial charge < -0.3 is 5.32 Å². The van der Waals surface area contributed by atoms with Crippen molar-refractivity contribution in [3.63, 3.8) is 0 Å². The van der Waals surface area contributed by atoms with E-state index in [1.165, 1.54) is 23.1 Å². The summed E-state index contributed by atoms with van der Waals surface area (Å²) in [6.07, 6.45) is 1.47. The molecular formula is C17H14Cl2FN5O. The van der Waals surface area contributed by atoms with Crippen LogP contribution in [0.2, 0.25) is 10.0 Å². The van der Waals surface area contributed by atoms with Gasteiger partial charge in [-0.15, -0.1) is 5.10 Å². The van der Waals surface area contributed by atoms with Crippen molar-refractivity contribution < 1.29 is 9.18 Å². The third-order valence-corrected chi connectivity index (χ3v) is 4.53. The number of carbonyl (C=O) groups excluding carboxylic acids is 1. The Hall–Kier alpha value is -2.51. The molecular weight excluding hydrogens is 380 g/mol. The van der Waals surface area contributed by atoms with Crippen LogP contribution in [0.1, 0.15) is 34.5 Å². The molecule has 0 saturated carbocycles. The standard InChI is InChI=1S/C17H14Cl2FN5O/c1-9-5-11(3-4-16(9)25-8-21-23-24-25)17(26)22-10(2)12-6-15(20)14(19)7-13(12)18/h3-8,10H,1-2H3,(H,22,26). The van der Waals surface area contributed by atoms with E-state index in [9.17, 15) is 9.18 Å². The maximum atomic E-state index is 13.7. The molecule has 0 spiro atoms. The second kappa shape index (κ2) is 7.39. The molecule has 2 aromatic carbocycles. The number of hydrogen-bond acceptors (Lipinski definition) is 4. The molecule has 1 heterocycles. The fourth-order valence-electron chi connectivity index (χ4n) is 2.55. The Morgan fingerprint density at radius 2 is 2.00 bits per heavy atom. The van der Waals surface area contributed by atoms with Crippen molar-refractivity contribution in [1.82, 2.24) is 25.5 Å². The normalized spacial score (nSPS) is 12.0. The first-order valence-electron chi connectivity index (χ1n) is 7.66. The molecule has 0 aliphatic rings. The van der Waals surface area contributed by atoms with Gasteiger partial charge in [0.25, 0.3) is 5.91 Å². The van der Waals surface area contributed by atoms with E-state index in [1.54, 1.807) is 25.1 Å². The van der Waals surface area contributed by atoms with E-state index < -0.39 is 11.9 Å². The Kier molecular flexibility index (Phi) is 5.20. The summed E-state index contributed by atoms with van der Waals surface area (Å²) in [5.74, 6) is -0.899. The molecule has 0 radical (unpaired) electrons. The van der Waals surface area contributed by atoms with Crippen molar-refractivity contribution in [2.75, 3.05) is 0 Å². The largest absolute Gasteiger partial charge is 0.345 e. The molecule has 134 valence electrons. The highest BCUT2D eigenvalue weighted by atomic mass is 35.5. The summed E-state index contributed by atoms with van der Waals surface area (Å²) in [6.45, 7) is 3.57. The van der Waals surface area contributed by atoms with E-state index in [2.05, 4.69) is 20.8 Å². The Balaban J connectivity index is 1.80. The molecule has 1 amide bonds. The number of rotatable bonds is 4. The highest BCUT2D eigenvalue weighted by molar-refractivity contribution is 6.35. The Bertz CT molecular complexity index is 962. The van der Waals surface area contributed by atoms with Crippen LogP contribution in [-0.2, 0) is 0 Å². The minimum Gasteiger partial charge on any atom is -0.345 e. The van der Waals surface area contributed by atoms with Gasteiger partial charge in [-0.05, 0) is 65.7 Å². The predicted molar refractivity (Wildman–Crippen MR) is 96.2 cm³/mol. The lowest BCUT2D eigenvalue weighted by Gasteiger charge is -2.17. The summed E-state index contributed by atoms with van der Waals surface area (Å²) in [4.78, 5) is 12.5. The van der Waals surface area contributed by atoms with Crippen molar-refractivity contribution in [1.29, 1.82) is 0 Å². The third-order valence-electron chi connectivity index (χ3n) is 3.91. The Labute approximate surface area is 158 Å². The van der Waals surface area contributed by atoms with E-state index >= 15 is 0 Å². The van der Waals surface area contributed by atoms with Crippen LogP contribution >= 0.6 is 23.2 Å². The average Bonchev–Trinajstić information content (AvgIpc) is 3.12. The molecule has 1 atom stereocenters. The van der Waals surface area contributed by atoms with Gasteiger partial charge in [-0.2, -0.15) is 0 Å². The van der Waals surface area contributed by atoms with E-state index in [1.807, 2.05) is 6.92 Å². The van der Waals surface area contributed by atoms with Crippen LogP contribution in [0.3, 0.4) is 0 Å². The topological polar surface area (TPSA) is 72.7 Å². The van der Waals surface area contributed by atoms with Crippen LogP contribution in [-0.4, -0.2) is 26.1 Å². The van der Waals surface area contributed by atoms with E-state index in [-0.39, 0.29) is 16.0 Å². The number of aromatic nitrogens is 4. The molecule has 1 unspecified atom stereocenters. The first-order chi connectivity index (χ1) is 12.4. The lowest BCUT2D eigenvalue weighted by molar-refractivity contribution is 0.0939. The number of amides is 1. The molecule has 9 heteroatoms. The van der Waals surface area contributed by atoms with Crippen LogP contribution in [0.5, 0.6) is 0 Å². The zero-order chi connectivity index (χ0) is 18.8. The van der Waals surface area contributed by atoms with Gasteiger partial charge >= 0.3 is 0 Å². The van der Waals surface area contributed by atoms with E-state index in [4.69, 9.17) is 23.2 Å². The van der Waals surface area contributed by atoms with Crippen molar-refractivity contribution in [2.24, 2.45) is 0 Å². The maximum Gasteiger partial charge on any atom is 0.251 e. The Morgan fingerprint density at radius 3 is 2.65 bits per heavy atom. The van der Waals surface area contributed by atoms with Gasteiger partial charge in [-0.25, -0.2) is 9.07 Å². The van der Waals surface area contributed by atoms with Crippen molar-refractivity contribution in [3.05, 3.63) is 69.2 Å². The van der Waals surface area contributed by atoms with Gasteiger partial charge in [-0.1, -0.05) is 23.2 Å². The summed E-state index contributed by atoms with van der Waals surface area (Å²) >= 11 is 11.8. The number of nitrogens with one attached hydrogen (secondary N) is 1. The summed E-state index contributed by atoms with van der Waals surface area (Å²) in [5, 5.41) is 14.0. The van der Waals surface area contributed by atoms with Crippen LogP contribution < -0.4 is 5.32 Å².